The van der Waals surface area contributed by atoms with Gasteiger partial charge in [0.15, 0.2) is 0 Å². The Balaban J connectivity index is 3.17. The summed E-state index contributed by atoms with van der Waals surface area (Å²) in [6, 6.07) is 0. The number of hydrogen-bond acceptors (Lipinski definition) is 2. The summed E-state index contributed by atoms with van der Waals surface area (Å²) in [5.74, 6) is -0.539. The van der Waals surface area contributed by atoms with Crippen LogP contribution in [-0.4, -0.2) is 30.7 Å². The van der Waals surface area contributed by atoms with Crippen molar-refractivity contribution in [3.63, 3.8) is 0 Å². The first-order chi connectivity index (χ1) is 5.18. The molecule has 0 aromatic heterocycles. The van der Waals surface area contributed by atoms with Gasteiger partial charge in [0.1, 0.15) is 0 Å². The Kier molecular flexibility index (Phi) is 5.74. The molecule has 0 aromatic rings. The lowest BCUT2D eigenvalue weighted by Crippen LogP contribution is -2.29. The van der Waals surface area contributed by atoms with Crippen LogP contribution in [0.15, 0.2) is 0 Å². The van der Waals surface area contributed by atoms with E-state index in [9.17, 15) is 9.28 Å². The van der Waals surface area contributed by atoms with Crippen LogP contribution in [0, 0.1) is 0 Å². The molecular weight excluding hydrogens is 147 g/mol. The summed E-state index contributed by atoms with van der Waals surface area (Å²) in [5.41, 5.74) is 0. The van der Waals surface area contributed by atoms with Gasteiger partial charge in [-0.05, 0) is 13.0 Å². The number of carbonyl (C=O) groups excluding carboxylic acids is 1. The first kappa shape index (κ1) is 10.4. The molecule has 11 heavy (non-hydrogen) atoms. The van der Waals surface area contributed by atoms with Crippen LogP contribution in [0.4, 0.5) is 4.48 Å². The van der Waals surface area contributed by atoms with Gasteiger partial charge in [-0.15, -0.1) is 0 Å². The van der Waals surface area contributed by atoms with E-state index < -0.39 is 5.91 Å². The van der Waals surface area contributed by atoms with Gasteiger partial charge < -0.3 is 5.32 Å². The van der Waals surface area contributed by atoms with Crippen LogP contribution in [0.5, 0.6) is 0 Å². The maximum absolute atomic E-state index is 12.4. The van der Waals surface area contributed by atoms with Gasteiger partial charge in [0, 0.05) is 13.5 Å². The highest BCUT2D eigenvalue weighted by Crippen LogP contribution is 1.87. The number of halogens is 1. The Labute approximate surface area is 66.5 Å². The van der Waals surface area contributed by atoms with E-state index in [0.717, 1.165) is 13.0 Å². The summed E-state index contributed by atoms with van der Waals surface area (Å²) in [7, 11) is 0. The third-order valence-electron chi connectivity index (χ3n) is 1.25. The molecule has 0 fully saturated rings. The Hall–Kier alpha value is -0.640. The maximum Gasteiger partial charge on any atom is 0.247 e. The summed E-state index contributed by atoms with van der Waals surface area (Å²) in [6.45, 7) is 4.76. The minimum Gasteiger partial charge on any atom is -0.315 e. The number of amides is 1. The monoisotopic (exact) mass is 162 g/mol. The van der Waals surface area contributed by atoms with E-state index >= 15 is 0 Å². The lowest BCUT2D eigenvalue weighted by atomic mass is 10.4. The average Bonchev–Trinajstić information content (AvgIpc) is 1.97. The van der Waals surface area contributed by atoms with E-state index in [1.165, 1.54) is 6.92 Å². The molecule has 0 bridgehead atoms. The number of nitrogens with zero attached hydrogens (tertiary/aromatic N) is 1. The van der Waals surface area contributed by atoms with Crippen molar-refractivity contribution in [3.05, 3.63) is 0 Å². The second-order valence-corrected chi connectivity index (χ2v) is 2.35. The molecule has 0 spiro atoms. The fraction of sp³-hybridized carbons (Fsp3) is 0.857. The summed E-state index contributed by atoms with van der Waals surface area (Å²) in [4.78, 5) is 10.3. The van der Waals surface area contributed by atoms with Crippen molar-refractivity contribution in [2.24, 2.45) is 0 Å². The summed E-state index contributed by atoms with van der Waals surface area (Å²) in [5, 5.41) is 3.20. The van der Waals surface area contributed by atoms with E-state index in [-0.39, 0.29) is 11.7 Å². The van der Waals surface area contributed by atoms with Gasteiger partial charge in [0.05, 0.1) is 6.54 Å². The van der Waals surface area contributed by atoms with Crippen molar-refractivity contribution in [2.45, 2.75) is 20.3 Å². The van der Waals surface area contributed by atoms with Crippen LogP contribution in [-0.2, 0) is 4.79 Å². The topological polar surface area (TPSA) is 32.3 Å². The minimum atomic E-state index is -0.539. The number of carbonyl (C=O) groups is 1. The fourth-order valence-electron chi connectivity index (χ4n) is 0.636. The van der Waals surface area contributed by atoms with E-state index in [0.29, 0.717) is 6.54 Å². The van der Waals surface area contributed by atoms with Crippen molar-refractivity contribution in [1.82, 2.24) is 10.4 Å². The van der Waals surface area contributed by atoms with Crippen molar-refractivity contribution in [3.8, 4) is 0 Å². The SMILES string of the molecule is CCCNCCN(F)C(C)=O. The standard InChI is InChI=1S/C7H15FN2O/c1-3-4-9-5-6-10(8)7(2)11/h9H,3-6H2,1-2H3. The third kappa shape index (κ3) is 5.79. The molecule has 0 saturated heterocycles. The third-order valence-corrected chi connectivity index (χ3v) is 1.25. The zero-order valence-corrected chi connectivity index (χ0v) is 7.06. The zero-order valence-electron chi connectivity index (χ0n) is 7.06. The average molecular weight is 162 g/mol. The molecule has 0 heterocycles. The molecule has 0 aromatic carbocycles. The van der Waals surface area contributed by atoms with Gasteiger partial charge >= 0.3 is 0 Å². The molecule has 0 aliphatic heterocycles. The lowest BCUT2D eigenvalue weighted by molar-refractivity contribution is -0.143. The van der Waals surface area contributed by atoms with Crippen LogP contribution >= 0.6 is 0 Å². The highest BCUT2D eigenvalue weighted by Gasteiger charge is 2.03. The highest BCUT2D eigenvalue weighted by atomic mass is 19.2. The van der Waals surface area contributed by atoms with E-state index in [1.54, 1.807) is 0 Å². The molecule has 66 valence electrons. The van der Waals surface area contributed by atoms with Crippen LogP contribution < -0.4 is 5.32 Å². The predicted molar refractivity (Wildman–Crippen MR) is 41.7 cm³/mol. The van der Waals surface area contributed by atoms with Crippen LogP contribution in [0.1, 0.15) is 20.3 Å². The molecule has 0 radical (unpaired) electrons. The first-order valence-corrected chi connectivity index (χ1v) is 3.83. The molecule has 0 unspecified atom stereocenters. The predicted octanol–water partition coefficient (Wildman–Crippen LogP) is 0.719. The Morgan fingerprint density at radius 2 is 2.18 bits per heavy atom. The maximum atomic E-state index is 12.4. The molecule has 0 rings (SSSR count). The molecule has 1 N–H and O–H groups in total. The van der Waals surface area contributed by atoms with Crippen molar-refractivity contribution in [1.29, 1.82) is 0 Å². The normalized spacial score (nSPS) is 9.73. The lowest BCUT2D eigenvalue weighted by Gasteiger charge is -2.08. The van der Waals surface area contributed by atoms with Crippen molar-refractivity contribution in [2.75, 3.05) is 19.6 Å². The van der Waals surface area contributed by atoms with E-state index in [2.05, 4.69) is 5.32 Å². The number of nitrogens with one attached hydrogen (secondary N) is 1. The smallest absolute Gasteiger partial charge is 0.247 e. The summed E-state index contributed by atoms with van der Waals surface area (Å²) in [6.07, 6.45) is 1.02. The largest absolute Gasteiger partial charge is 0.315 e. The molecule has 3 nitrogen and oxygen atoms in total. The van der Waals surface area contributed by atoms with Gasteiger partial charge in [0.2, 0.25) is 5.91 Å². The first-order valence-electron chi connectivity index (χ1n) is 3.83. The van der Waals surface area contributed by atoms with E-state index in [1.807, 2.05) is 6.92 Å². The molecular formula is C7H15FN2O. The molecule has 0 aliphatic carbocycles. The molecule has 0 aliphatic rings. The van der Waals surface area contributed by atoms with Crippen molar-refractivity contribution < 1.29 is 9.28 Å². The Morgan fingerprint density at radius 1 is 1.55 bits per heavy atom. The molecule has 0 atom stereocenters. The second kappa shape index (κ2) is 6.09. The van der Waals surface area contributed by atoms with Gasteiger partial charge in [-0.3, -0.25) is 4.79 Å². The highest BCUT2D eigenvalue weighted by molar-refractivity contribution is 5.71. The van der Waals surface area contributed by atoms with Gasteiger partial charge in [0.25, 0.3) is 0 Å². The van der Waals surface area contributed by atoms with Crippen LogP contribution in [0.2, 0.25) is 0 Å². The molecule has 4 heteroatoms. The number of rotatable bonds is 5. The summed E-state index contributed by atoms with van der Waals surface area (Å²) >= 11 is 0. The quantitative estimate of drug-likeness (QED) is 0.477. The fourth-order valence-corrected chi connectivity index (χ4v) is 0.636. The molecule has 0 saturated carbocycles. The Bertz CT molecular complexity index is 119. The van der Waals surface area contributed by atoms with Crippen molar-refractivity contribution >= 4 is 5.91 Å². The molecule has 1 amide bonds. The van der Waals surface area contributed by atoms with Crippen LogP contribution in [0.3, 0.4) is 0 Å². The second-order valence-electron chi connectivity index (χ2n) is 2.35. The minimum absolute atomic E-state index is 0.134. The number of hydrogen-bond donors (Lipinski definition) is 1. The van der Waals surface area contributed by atoms with Gasteiger partial charge in [-0.2, -0.15) is 5.12 Å². The zero-order chi connectivity index (χ0) is 8.69. The Morgan fingerprint density at radius 3 is 2.64 bits per heavy atom. The van der Waals surface area contributed by atoms with Crippen LogP contribution in [0.25, 0.3) is 0 Å². The van der Waals surface area contributed by atoms with E-state index in [4.69, 9.17) is 0 Å². The van der Waals surface area contributed by atoms with Gasteiger partial charge in [-0.1, -0.05) is 11.4 Å². The van der Waals surface area contributed by atoms with Gasteiger partial charge in [-0.25, -0.2) is 0 Å². The summed E-state index contributed by atoms with van der Waals surface area (Å²) < 4.78 is 12.4.